The lowest BCUT2D eigenvalue weighted by atomic mass is 10.0. The fourth-order valence-corrected chi connectivity index (χ4v) is 2.52. The molecule has 0 bridgehead atoms. The first-order valence-electron chi connectivity index (χ1n) is 8.59. The first-order chi connectivity index (χ1) is 10.6. The van der Waals surface area contributed by atoms with Gasteiger partial charge in [-0.2, -0.15) is 0 Å². The third-order valence-electron chi connectivity index (χ3n) is 3.75. The molecule has 1 rings (SSSR count). The van der Waals surface area contributed by atoms with Gasteiger partial charge in [-0.25, -0.2) is 0 Å². The van der Waals surface area contributed by atoms with Crippen molar-refractivity contribution in [1.29, 1.82) is 0 Å². The van der Waals surface area contributed by atoms with Crippen molar-refractivity contribution in [3.05, 3.63) is 35.4 Å². The molecular formula is C18H34N4. The summed E-state index contributed by atoms with van der Waals surface area (Å²) in [5, 5.41) is 7.01. The minimum atomic E-state index is 0.304. The molecule has 2 unspecified atom stereocenters. The van der Waals surface area contributed by atoms with E-state index < -0.39 is 0 Å². The summed E-state index contributed by atoms with van der Waals surface area (Å²) in [5.74, 6) is 0. The van der Waals surface area contributed by atoms with E-state index in [0.717, 1.165) is 51.9 Å². The van der Waals surface area contributed by atoms with Gasteiger partial charge in [0, 0.05) is 18.6 Å². The highest BCUT2D eigenvalue weighted by Gasteiger charge is 2.03. The highest BCUT2D eigenvalue weighted by Crippen LogP contribution is 2.08. The molecule has 1 aromatic carbocycles. The number of nitrogens with two attached hydrogens (primary N) is 2. The number of benzene rings is 1. The van der Waals surface area contributed by atoms with Crippen LogP contribution in [0.1, 0.15) is 44.2 Å². The van der Waals surface area contributed by atoms with E-state index >= 15 is 0 Å². The summed E-state index contributed by atoms with van der Waals surface area (Å²) < 4.78 is 0. The van der Waals surface area contributed by atoms with Crippen molar-refractivity contribution >= 4 is 0 Å². The molecule has 0 fully saturated rings. The molecule has 4 nitrogen and oxygen atoms in total. The molecule has 4 heteroatoms. The van der Waals surface area contributed by atoms with Crippen LogP contribution in [0.15, 0.2) is 24.3 Å². The number of hydrogen-bond acceptors (Lipinski definition) is 4. The van der Waals surface area contributed by atoms with E-state index in [4.69, 9.17) is 11.5 Å². The van der Waals surface area contributed by atoms with Gasteiger partial charge in [-0.3, -0.25) is 0 Å². The fourth-order valence-electron chi connectivity index (χ4n) is 2.52. The average molecular weight is 306 g/mol. The van der Waals surface area contributed by atoms with E-state index in [1.165, 1.54) is 11.1 Å². The van der Waals surface area contributed by atoms with Crippen molar-refractivity contribution < 1.29 is 0 Å². The van der Waals surface area contributed by atoms with Gasteiger partial charge in [0.15, 0.2) is 0 Å². The Labute approximate surface area is 136 Å². The molecule has 6 N–H and O–H groups in total. The fraction of sp³-hybridized carbons (Fsp3) is 0.667. The van der Waals surface area contributed by atoms with Crippen LogP contribution in [0.3, 0.4) is 0 Å². The summed E-state index contributed by atoms with van der Waals surface area (Å²) >= 11 is 0. The van der Waals surface area contributed by atoms with Crippen molar-refractivity contribution in [3.63, 3.8) is 0 Å². The molecule has 126 valence electrons. The first kappa shape index (κ1) is 19.1. The molecule has 0 saturated heterocycles. The van der Waals surface area contributed by atoms with E-state index in [9.17, 15) is 0 Å². The average Bonchev–Trinajstić information content (AvgIpc) is 2.47. The molecule has 0 amide bonds. The van der Waals surface area contributed by atoms with Gasteiger partial charge in [0.25, 0.3) is 0 Å². The number of nitrogens with one attached hydrogen (secondary N) is 2. The second-order valence-corrected chi connectivity index (χ2v) is 6.32. The van der Waals surface area contributed by atoms with Gasteiger partial charge < -0.3 is 22.1 Å². The summed E-state index contributed by atoms with van der Waals surface area (Å²) in [5.41, 5.74) is 14.0. The zero-order valence-corrected chi connectivity index (χ0v) is 14.3. The molecule has 0 heterocycles. The van der Waals surface area contributed by atoms with Gasteiger partial charge in [0.1, 0.15) is 0 Å². The van der Waals surface area contributed by atoms with E-state index in [0.29, 0.717) is 12.1 Å². The molecule has 22 heavy (non-hydrogen) atoms. The van der Waals surface area contributed by atoms with Gasteiger partial charge in [-0.1, -0.05) is 24.3 Å². The Hall–Kier alpha value is -0.940. The smallest absolute Gasteiger partial charge is 0.0205 e. The predicted octanol–water partition coefficient (Wildman–Crippen LogP) is 1.77. The Kier molecular flexibility index (Phi) is 10.1. The van der Waals surface area contributed by atoms with Crippen LogP contribution in [-0.2, 0) is 13.0 Å². The zero-order valence-electron chi connectivity index (χ0n) is 14.3. The maximum absolute atomic E-state index is 5.75. The molecule has 2 atom stereocenters. The highest BCUT2D eigenvalue weighted by molar-refractivity contribution is 5.24. The van der Waals surface area contributed by atoms with Crippen LogP contribution >= 0.6 is 0 Å². The predicted molar refractivity (Wildman–Crippen MR) is 95.9 cm³/mol. The van der Waals surface area contributed by atoms with E-state index in [-0.39, 0.29) is 0 Å². The van der Waals surface area contributed by atoms with Crippen LogP contribution in [0, 0.1) is 0 Å². The molecule has 0 aliphatic carbocycles. The summed E-state index contributed by atoms with van der Waals surface area (Å²) in [6.07, 6.45) is 4.32. The van der Waals surface area contributed by atoms with Crippen LogP contribution in [0.2, 0.25) is 0 Å². The van der Waals surface area contributed by atoms with Gasteiger partial charge in [-0.05, 0) is 70.3 Å². The number of rotatable bonds is 12. The maximum atomic E-state index is 5.75. The normalized spacial score (nSPS) is 14.0. The van der Waals surface area contributed by atoms with Crippen LogP contribution in [0.25, 0.3) is 0 Å². The quantitative estimate of drug-likeness (QED) is 0.444. The third kappa shape index (κ3) is 9.15. The van der Waals surface area contributed by atoms with E-state index in [1.54, 1.807) is 0 Å². The van der Waals surface area contributed by atoms with Gasteiger partial charge in [-0.15, -0.1) is 0 Å². The largest absolute Gasteiger partial charge is 0.330 e. The van der Waals surface area contributed by atoms with Crippen LogP contribution in [0.5, 0.6) is 0 Å². The van der Waals surface area contributed by atoms with Crippen molar-refractivity contribution in [2.45, 2.75) is 58.2 Å². The van der Waals surface area contributed by atoms with Crippen molar-refractivity contribution in [1.82, 2.24) is 10.6 Å². The molecular weight excluding hydrogens is 272 g/mol. The SMILES string of the molecule is CC(N)CCCNCc1cccc(CC(C)NCCCN)c1. The standard InChI is InChI=1S/C18H34N4/c1-15(20)6-4-10-21-14-18-8-3-7-17(13-18)12-16(2)22-11-5-9-19/h3,7-8,13,15-16,21-22H,4-6,9-12,14,19-20H2,1-2H3. The third-order valence-corrected chi connectivity index (χ3v) is 3.75. The molecule has 1 aromatic rings. The number of hydrogen-bond donors (Lipinski definition) is 4. The Balaban J connectivity index is 2.29. The van der Waals surface area contributed by atoms with Crippen LogP contribution in [0.4, 0.5) is 0 Å². The molecule has 0 aromatic heterocycles. The van der Waals surface area contributed by atoms with Crippen molar-refractivity contribution in [2.24, 2.45) is 11.5 Å². The van der Waals surface area contributed by atoms with Gasteiger partial charge in [0.2, 0.25) is 0 Å². The maximum Gasteiger partial charge on any atom is 0.0205 e. The summed E-state index contributed by atoms with van der Waals surface area (Å²) in [7, 11) is 0. The molecule has 0 aliphatic heterocycles. The van der Waals surface area contributed by atoms with Crippen molar-refractivity contribution in [3.8, 4) is 0 Å². The summed E-state index contributed by atoms with van der Waals surface area (Å²) in [4.78, 5) is 0. The summed E-state index contributed by atoms with van der Waals surface area (Å²) in [6, 6.07) is 9.65. The second-order valence-electron chi connectivity index (χ2n) is 6.32. The Bertz CT molecular complexity index is 392. The Morgan fingerprint density at radius 2 is 1.86 bits per heavy atom. The minimum Gasteiger partial charge on any atom is -0.330 e. The first-order valence-corrected chi connectivity index (χ1v) is 8.59. The highest BCUT2D eigenvalue weighted by atomic mass is 14.9. The molecule has 0 radical (unpaired) electrons. The second kappa shape index (κ2) is 11.6. The molecule has 0 saturated carbocycles. The topological polar surface area (TPSA) is 76.1 Å². The lowest BCUT2D eigenvalue weighted by Gasteiger charge is -2.14. The lowest BCUT2D eigenvalue weighted by Crippen LogP contribution is -2.30. The monoisotopic (exact) mass is 306 g/mol. The lowest BCUT2D eigenvalue weighted by molar-refractivity contribution is 0.536. The van der Waals surface area contributed by atoms with Crippen LogP contribution < -0.4 is 22.1 Å². The van der Waals surface area contributed by atoms with E-state index in [1.807, 2.05) is 0 Å². The Morgan fingerprint density at radius 3 is 2.59 bits per heavy atom. The van der Waals surface area contributed by atoms with Gasteiger partial charge in [0.05, 0.1) is 0 Å². The molecule has 0 spiro atoms. The Morgan fingerprint density at radius 1 is 1.09 bits per heavy atom. The van der Waals surface area contributed by atoms with Crippen molar-refractivity contribution in [2.75, 3.05) is 19.6 Å². The van der Waals surface area contributed by atoms with E-state index in [2.05, 4.69) is 48.7 Å². The van der Waals surface area contributed by atoms with Gasteiger partial charge >= 0.3 is 0 Å². The van der Waals surface area contributed by atoms with Crippen LogP contribution in [-0.4, -0.2) is 31.7 Å². The zero-order chi connectivity index (χ0) is 16.2. The summed E-state index contributed by atoms with van der Waals surface area (Å²) in [6.45, 7) is 8.01. The minimum absolute atomic E-state index is 0.304. The molecule has 0 aliphatic rings.